The van der Waals surface area contributed by atoms with Gasteiger partial charge in [0.15, 0.2) is 5.96 Å². The lowest BCUT2D eigenvalue weighted by molar-refractivity contribution is -0.130. The molecule has 0 radical (unpaired) electrons. The van der Waals surface area contributed by atoms with E-state index in [-0.39, 0.29) is 0 Å². The normalized spacial score (nSPS) is 18.6. The molecule has 1 unspecified atom stereocenters. The highest BCUT2D eigenvalue weighted by atomic mass is 35.5. The van der Waals surface area contributed by atoms with Crippen LogP contribution in [0.5, 0.6) is 0 Å². The monoisotopic (exact) mass is 486 g/mol. The first-order valence-electron chi connectivity index (χ1n) is 8.61. The Kier molecular flexibility index (Phi) is 5.69. The van der Waals surface area contributed by atoms with Crippen LogP contribution in [0.3, 0.4) is 0 Å². The summed E-state index contributed by atoms with van der Waals surface area (Å²) in [4.78, 5) is 21.0. The Labute approximate surface area is 191 Å². The lowest BCUT2D eigenvalue weighted by Gasteiger charge is -2.25. The van der Waals surface area contributed by atoms with Crippen molar-refractivity contribution in [2.24, 2.45) is 15.7 Å². The van der Waals surface area contributed by atoms with Crippen LogP contribution >= 0.6 is 46.4 Å². The van der Waals surface area contributed by atoms with Crippen LogP contribution in [0.4, 0.5) is 11.4 Å². The lowest BCUT2D eigenvalue weighted by atomic mass is 10.1. The van der Waals surface area contributed by atoms with Crippen molar-refractivity contribution in [3.63, 3.8) is 0 Å². The summed E-state index contributed by atoms with van der Waals surface area (Å²) in [6.07, 6.45) is -1.23. The Hall–Kier alpha value is -2.23. The number of guanidine groups is 2. The van der Waals surface area contributed by atoms with Crippen LogP contribution in [0.15, 0.2) is 34.3 Å². The summed E-state index contributed by atoms with van der Waals surface area (Å²) in [5.41, 5.74) is 8.63. The Balaban J connectivity index is 0.000000151. The Bertz CT molecular complexity index is 1120. The molecule has 12 heteroatoms. The van der Waals surface area contributed by atoms with Gasteiger partial charge in [-0.1, -0.05) is 46.4 Å². The predicted molar refractivity (Wildman–Crippen MR) is 119 cm³/mol. The molecule has 3 heterocycles. The molecule has 30 heavy (non-hydrogen) atoms. The number of carbonyl (C=O) groups is 1. The van der Waals surface area contributed by atoms with E-state index in [1.807, 2.05) is 6.07 Å². The van der Waals surface area contributed by atoms with E-state index >= 15 is 0 Å². The molecule has 0 spiro atoms. The zero-order valence-corrected chi connectivity index (χ0v) is 18.1. The first-order valence-corrected chi connectivity index (χ1v) is 10.1. The van der Waals surface area contributed by atoms with Crippen molar-refractivity contribution in [3.05, 3.63) is 55.5 Å². The summed E-state index contributed by atoms with van der Waals surface area (Å²) in [5, 5.41) is 17.0. The minimum atomic E-state index is -1.23. The summed E-state index contributed by atoms with van der Waals surface area (Å²) < 4.78 is 0. The number of nitrogens with zero attached hydrogens (tertiary/aromatic N) is 3. The van der Waals surface area contributed by atoms with E-state index in [1.54, 1.807) is 18.2 Å². The summed E-state index contributed by atoms with van der Waals surface area (Å²) >= 11 is 23.8. The second-order valence-corrected chi connectivity index (χ2v) is 8.07. The first-order chi connectivity index (χ1) is 14.3. The molecular weight excluding hydrogens is 474 g/mol. The predicted octanol–water partition coefficient (Wildman–Crippen LogP) is 3.48. The summed E-state index contributed by atoms with van der Waals surface area (Å²) in [6, 6.07) is 6.94. The molecule has 0 aromatic heterocycles. The van der Waals surface area contributed by atoms with Gasteiger partial charge in [0.25, 0.3) is 5.91 Å². The van der Waals surface area contributed by atoms with Crippen LogP contribution in [0.2, 0.25) is 20.1 Å². The van der Waals surface area contributed by atoms with E-state index in [0.717, 1.165) is 11.3 Å². The third-order valence-electron chi connectivity index (χ3n) is 4.63. The van der Waals surface area contributed by atoms with Gasteiger partial charge in [-0.15, -0.1) is 0 Å². The molecule has 0 aliphatic carbocycles. The van der Waals surface area contributed by atoms with Crippen molar-refractivity contribution in [2.45, 2.75) is 19.3 Å². The molecule has 1 saturated heterocycles. The second kappa shape index (κ2) is 8.13. The Morgan fingerprint density at radius 3 is 2.43 bits per heavy atom. The maximum Gasteiger partial charge on any atom is 0.276 e. The topological polar surface area (TPSA) is 115 Å². The number of benzene rings is 2. The van der Waals surface area contributed by atoms with Gasteiger partial charge in [0.1, 0.15) is 0 Å². The standard InChI is InChI=1S/C10H7Cl2N3O2.C8H7Cl2N3/c11-5-1-2-6-4(7(5)12)3-15-9(17)8(16)14-10(15)13-6;9-5-1-2-6-4(7(5)10)3-12-8(11)13-6/h1-2,9,17H,3H2,(H,13,14,16);1-2H,3H2,(H3,11,12,13). The SMILES string of the molecule is NC1=NCc2c(ccc(Cl)c2Cl)N1.O=C1NC2=Nc3ccc(Cl)c(Cl)c3CN2C1O. The first kappa shape index (κ1) is 21.0. The highest BCUT2D eigenvalue weighted by Gasteiger charge is 2.38. The Morgan fingerprint density at radius 2 is 1.70 bits per heavy atom. The third-order valence-corrected chi connectivity index (χ3v) is 6.32. The number of nitrogens with one attached hydrogen (secondary N) is 2. The second-order valence-electron chi connectivity index (χ2n) is 6.50. The number of fused-ring (bicyclic) bond motifs is 3. The highest BCUT2D eigenvalue weighted by Crippen LogP contribution is 2.37. The number of aliphatic imine (C=N–C) groups is 2. The van der Waals surface area contributed by atoms with Gasteiger partial charge in [-0.3, -0.25) is 10.1 Å². The van der Waals surface area contributed by atoms with Crippen molar-refractivity contribution in [3.8, 4) is 0 Å². The van der Waals surface area contributed by atoms with E-state index < -0.39 is 12.1 Å². The molecule has 1 atom stereocenters. The number of halogens is 4. The zero-order valence-electron chi connectivity index (χ0n) is 15.1. The summed E-state index contributed by atoms with van der Waals surface area (Å²) in [6.45, 7) is 0.779. The molecule has 3 aliphatic rings. The average Bonchev–Trinajstić information content (AvgIpc) is 3.00. The minimum Gasteiger partial charge on any atom is -0.370 e. The van der Waals surface area contributed by atoms with Gasteiger partial charge < -0.3 is 21.1 Å². The number of aliphatic hydroxyl groups excluding tert-OH is 1. The molecular formula is C18H14Cl4N6O2. The number of amides is 1. The molecule has 0 bridgehead atoms. The van der Waals surface area contributed by atoms with E-state index in [2.05, 4.69) is 20.6 Å². The summed E-state index contributed by atoms with van der Waals surface area (Å²) in [5.74, 6) is 0.262. The lowest BCUT2D eigenvalue weighted by Crippen LogP contribution is -2.36. The van der Waals surface area contributed by atoms with Crippen molar-refractivity contribution < 1.29 is 9.90 Å². The third kappa shape index (κ3) is 3.77. The molecule has 1 fully saturated rings. The van der Waals surface area contributed by atoms with Gasteiger partial charge in [-0.05, 0) is 24.3 Å². The zero-order chi connectivity index (χ0) is 21.6. The molecule has 3 aliphatic heterocycles. The van der Waals surface area contributed by atoms with Crippen LogP contribution in [0.1, 0.15) is 11.1 Å². The molecule has 1 amide bonds. The van der Waals surface area contributed by atoms with Crippen LogP contribution in [0.25, 0.3) is 0 Å². The van der Waals surface area contributed by atoms with Crippen molar-refractivity contribution in [1.29, 1.82) is 0 Å². The van der Waals surface area contributed by atoms with Crippen LogP contribution in [-0.2, 0) is 17.9 Å². The molecule has 2 aromatic carbocycles. The van der Waals surface area contributed by atoms with Crippen LogP contribution in [0, 0.1) is 0 Å². The van der Waals surface area contributed by atoms with E-state index in [1.165, 1.54) is 4.90 Å². The number of hydrogen-bond acceptors (Lipinski definition) is 7. The number of nitrogens with two attached hydrogens (primary N) is 1. The van der Waals surface area contributed by atoms with Gasteiger partial charge >= 0.3 is 0 Å². The fourth-order valence-electron chi connectivity index (χ4n) is 3.09. The van der Waals surface area contributed by atoms with E-state index in [4.69, 9.17) is 52.1 Å². The summed E-state index contributed by atoms with van der Waals surface area (Å²) in [7, 11) is 0. The number of aliphatic hydroxyl groups is 1. The number of rotatable bonds is 0. The molecule has 5 rings (SSSR count). The molecule has 0 saturated carbocycles. The molecule has 5 N–H and O–H groups in total. The Morgan fingerprint density at radius 1 is 1.03 bits per heavy atom. The van der Waals surface area contributed by atoms with Crippen molar-refractivity contribution in [1.82, 2.24) is 10.2 Å². The quantitative estimate of drug-likeness (QED) is 0.454. The van der Waals surface area contributed by atoms with Gasteiger partial charge in [0, 0.05) is 16.8 Å². The van der Waals surface area contributed by atoms with Crippen LogP contribution < -0.4 is 16.4 Å². The average molecular weight is 488 g/mol. The van der Waals surface area contributed by atoms with Crippen molar-refractivity contribution >= 4 is 75.6 Å². The van der Waals surface area contributed by atoms with Crippen molar-refractivity contribution in [2.75, 3.05) is 5.32 Å². The van der Waals surface area contributed by atoms with Crippen LogP contribution in [-0.4, -0.2) is 34.1 Å². The van der Waals surface area contributed by atoms with Gasteiger partial charge in [-0.2, -0.15) is 0 Å². The molecule has 2 aromatic rings. The van der Waals surface area contributed by atoms with E-state index in [9.17, 15) is 9.90 Å². The van der Waals surface area contributed by atoms with Gasteiger partial charge in [0.2, 0.25) is 12.2 Å². The number of hydrogen-bond donors (Lipinski definition) is 4. The molecule has 8 nitrogen and oxygen atoms in total. The number of carbonyl (C=O) groups excluding carboxylic acids is 1. The fourth-order valence-corrected chi connectivity index (χ4v) is 3.88. The highest BCUT2D eigenvalue weighted by molar-refractivity contribution is 6.43. The fraction of sp³-hybridized carbons (Fsp3) is 0.167. The molecule has 156 valence electrons. The van der Waals surface area contributed by atoms with Gasteiger partial charge in [0.05, 0.1) is 38.9 Å². The minimum absolute atomic E-state index is 0.299. The van der Waals surface area contributed by atoms with E-state index in [0.29, 0.717) is 56.3 Å². The maximum absolute atomic E-state index is 11.3. The van der Waals surface area contributed by atoms with Gasteiger partial charge in [-0.25, -0.2) is 9.98 Å². The largest absolute Gasteiger partial charge is 0.370 e. The number of anilines is 1. The smallest absolute Gasteiger partial charge is 0.276 e. The maximum atomic E-state index is 11.3.